The molecule has 2 N–H and O–H groups in total. The predicted octanol–water partition coefficient (Wildman–Crippen LogP) is 4.41. The molecule has 1 aliphatic rings. The Bertz CT molecular complexity index is 1020. The number of aromatic nitrogens is 2. The maximum Gasteiger partial charge on any atom is 0.319 e. The maximum absolute atomic E-state index is 13.0. The van der Waals surface area contributed by atoms with E-state index in [0.717, 1.165) is 49.6 Å². The van der Waals surface area contributed by atoms with Crippen molar-refractivity contribution < 1.29 is 9.18 Å². The fraction of sp³-hybridized carbons (Fsp3) is 0.333. The molecule has 1 aromatic heterocycles. The number of aryl methyl sites for hydroxylation is 2. The molecule has 0 atom stereocenters. The van der Waals surface area contributed by atoms with Gasteiger partial charge in [-0.3, -0.25) is 4.90 Å². The van der Waals surface area contributed by atoms with Crippen LogP contribution in [-0.4, -0.2) is 39.8 Å². The second kappa shape index (κ2) is 9.31. The Morgan fingerprint density at radius 1 is 1.06 bits per heavy atom. The van der Waals surface area contributed by atoms with Crippen molar-refractivity contribution >= 4 is 11.7 Å². The zero-order valence-electron chi connectivity index (χ0n) is 17.9. The molecule has 0 radical (unpaired) electrons. The number of hydrogen-bond acceptors (Lipinski definition) is 3. The van der Waals surface area contributed by atoms with Crippen molar-refractivity contribution in [2.75, 3.05) is 18.4 Å². The zero-order valence-corrected chi connectivity index (χ0v) is 17.9. The first-order valence-corrected chi connectivity index (χ1v) is 10.6. The van der Waals surface area contributed by atoms with Crippen LogP contribution in [0.1, 0.15) is 29.8 Å². The highest BCUT2D eigenvalue weighted by Gasteiger charge is 2.21. The second-order valence-electron chi connectivity index (χ2n) is 8.16. The summed E-state index contributed by atoms with van der Waals surface area (Å²) in [6.45, 7) is 6.82. The van der Waals surface area contributed by atoms with Gasteiger partial charge in [0.25, 0.3) is 0 Å². The summed E-state index contributed by atoms with van der Waals surface area (Å²) in [6, 6.07) is 16.3. The quantitative estimate of drug-likeness (QED) is 0.641. The summed E-state index contributed by atoms with van der Waals surface area (Å²) in [4.78, 5) is 14.6. The Morgan fingerprint density at radius 3 is 2.35 bits per heavy atom. The van der Waals surface area contributed by atoms with Crippen molar-refractivity contribution in [2.45, 2.75) is 39.3 Å². The lowest BCUT2D eigenvalue weighted by atomic mass is 10.0. The number of likely N-dealkylation sites (tertiary alicyclic amines) is 1. The molecular weight excluding hydrogens is 393 g/mol. The van der Waals surface area contributed by atoms with Gasteiger partial charge in [-0.05, 0) is 74.7 Å². The Morgan fingerprint density at radius 2 is 1.74 bits per heavy atom. The third kappa shape index (κ3) is 5.49. The third-order valence-electron chi connectivity index (χ3n) is 5.62. The van der Waals surface area contributed by atoms with Crippen molar-refractivity contribution in [3.63, 3.8) is 0 Å². The molecule has 0 spiro atoms. The number of halogens is 1. The van der Waals surface area contributed by atoms with Crippen LogP contribution in [0.3, 0.4) is 0 Å². The van der Waals surface area contributed by atoms with Gasteiger partial charge < -0.3 is 10.6 Å². The fourth-order valence-corrected chi connectivity index (χ4v) is 4.01. The topological polar surface area (TPSA) is 62.2 Å². The molecule has 0 bridgehead atoms. The minimum Gasteiger partial charge on any atom is -0.335 e. The van der Waals surface area contributed by atoms with Crippen molar-refractivity contribution in [3.05, 3.63) is 77.4 Å². The van der Waals surface area contributed by atoms with Crippen LogP contribution in [0.4, 0.5) is 14.9 Å². The minimum atomic E-state index is -0.320. The molecule has 162 valence electrons. The summed E-state index contributed by atoms with van der Waals surface area (Å²) in [5.41, 5.74) is 5.07. The van der Waals surface area contributed by atoms with E-state index in [1.54, 1.807) is 12.1 Å². The van der Waals surface area contributed by atoms with Crippen LogP contribution in [0.15, 0.2) is 54.6 Å². The van der Waals surface area contributed by atoms with Gasteiger partial charge in [-0.1, -0.05) is 12.1 Å². The summed E-state index contributed by atoms with van der Waals surface area (Å²) in [6.07, 6.45) is 1.81. The molecule has 6 nitrogen and oxygen atoms in total. The van der Waals surface area contributed by atoms with Gasteiger partial charge in [0.2, 0.25) is 0 Å². The third-order valence-corrected chi connectivity index (χ3v) is 5.62. The van der Waals surface area contributed by atoms with Gasteiger partial charge in [-0.25, -0.2) is 13.9 Å². The Hall–Kier alpha value is -3.19. The van der Waals surface area contributed by atoms with E-state index in [-0.39, 0.29) is 17.9 Å². The number of carbonyl (C=O) groups excluding carboxylic acids is 1. The van der Waals surface area contributed by atoms with Gasteiger partial charge >= 0.3 is 6.03 Å². The number of nitrogens with zero attached hydrogens (tertiary/aromatic N) is 3. The Labute approximate surface area is 182 Å². The van der Waals surface area contributed by atoms with Gasteiger partial charge in [-0.2, -0.15) is 5.10 Å². The fourth-order valence-electron chi connectivity index (χ4n) is 4.01. The van der Waals surface area contributed by atoms with Crippen LogP contribution in [0, 0.1) is 19.7 Å². The smallest absolute Gasteiger partial charge is 0.319 e. The lowest BCUT2D eigenvalue weighted by Gasteiger charge is -2.32. The van der Waals surface area contributed by atoms with E-state index >= 15 is 0 Å². The van der Waals surface area contributed by atoms with Gasteiger partial charge in [0.1, 0.15) is 5.82 Å². The molecule has 31 heavy (non-hydrogen) atoms. The molecule has 1 saturated heterocycles. The van der Waals surface area contributed by atoms with E-state index in [1.807, 2.05) is 11.6 Å². The first kappa shape index (κ1) is 21.1. The number of urea groups is 1. The van der Waals surface area contributed by atoms with Crippen LogP contribution in [0.25, 0.3) is 5.69 Å². The number of nitrogens with one attached hydrogen (secondary N) is 2. The number of piperidine rings is 1. The summed E-state index contributed by atoms with van der Waals surface area (Å²) < 4.78 is 14.9. The molecule has 1 aliphatic heterocycles. The summed E-state index contributed by atoms with van der Waals surface area (Å²) >= 11 is 0. The monoisotopic (exact) mass is 421 g/mol. The Kier molecular flexibility index (Phi) is 6.32. The summed E-state index contributed by atoms with van der Waals surface area (Å²) in [7, 11) is 0. The molecule has 7 heteroatoms. The maximum atomic E-state index is 13.0. The number of amides is 2. The highest BCUT2D eigenvalue weighted by molar-refractivity contribution is 5.89. The summed E-state index contributed by atoms with van der Waals surface area (Å²) in [5, 5.41) is 10.3. The van der Waals surface area contributed by atoms with Crippen molar-refractivity contribution in [1.82, 2.24) is 20.0 Å². The van der Waals surface area contributed by atoms with Gasteiger partial charge in [0.15, 0.2) is 0 Å². The van der Waals surface area contributed by atoms with Crippen molar-refractivity contribution in [2.24, 2.45) is 0 Å². The number of carbonyl (C=O) groups is 1. The largest absolute Gasteiger partial charge is 0.335 e. The first-order valence-electron chi connectivity index (χ1n) is 10.6. The molecule has 3 aromatic rings. The first-order chi connectivity index (χ1) is 15.0. The Balaban J connectivity index is 1.24. The van der Waals surface area contributed by atoms with Crippen molar-refractivity contribution in [3.8, 4) is 5.69 Å². The average molecular weight is 422 g/mol. The molecule has 0 aliphatic carbocycles. The zero-order chi connectivity index (χ0) is 21.8. The number of benzene rings is 2. The molecule has 4 rings (SSSR count). The minimum absolute atomic E-state index is 0.144. The van der Waals surface area contributed by atoms with Crippen LogP contribution < -0.4 is 10.6 Å². The van der Waals surface area contributed by atoms with Crippen LogP contribution in [0.2, 0.25) is 0 Å². The molecule has 2 heterocycles. The van der Waals surface area contributed by atoms with E-state index in [2.05, 4.69) is 57.9 Å². The summed E-state index contributed by atoms with van der Waals surface area (Å²) in [5.74, 6) is -0.320. The number of rotatable bonds is 5. The van der Waals surface area contributed by atoms with Crippen LogP contribution >= 0.6 is 0 Å². The highest BCUT2D eigenvalue weighted by atomic mass is 19.1. The van der Waals surface area contributed by atoms with Crippen LogP contribution in [0.5, 0.6) is 0 Å². The predicted molar refractivity (Wildman–Crippen MR) is 120 cm³/mol. The van der Waals surface area contributed by atoms with Crippen LogP contribution in [-0.2, 0) is 6.54 Å². The number of hydrogen-bond donors (Lipinski definition) is 2. The van der Waals surface area contributed by atoms with E-state index in [1.165, 1.54) is 17.7 Å². The van der Waals surface area contributed by atoms with Gasteiger partial charge in [0, 0.05) is 37.1 Å². The molecular formula is C24H28FN5O. The normalized spacial score (nSPS) is 15.1. The van der Waals surface area contributed by atoms with E-state index < -0.39 is 0 Å². The average Bonchev–Trinajstić information content (AvgIpc) is 3.10. The van der Waals surface area contributed by atoms with E-state index in [4.69, 9.17) is 0 Å². The number of anilines is 1. The lowest BCUT2D eigenvalue weighted by molar-refractivity contribution is 0.190. The van der Waals surface area contributed by atoms with Gasteiger partial charge in [0.05, 0.1) is 11.4 Å². The van der Waals surface area contributed by atoms with Crippen molar-refractivity contribution in [1.29, 1.82) is 0 Å². The highest BCUT2D eigenvalue weighted by Crippen LogP contribution is 2.17. The SMILES string of the molecule is Cc1cc(C)n(-c2ccc(CN3CCC(NC(=O)Nc4ccc(F)cc4)CC3)cc2)n1. The molecule has 0 saturated carbocycles. The lowest BCUT2D eigenvalue weighted by Crippen LogP contribution is -2.45. The molecule has 2 amide bonds. The molecule has 2 aromatic carbocycles. The van der Waals surface area contributed by atoms with E-state index in [0.29, 0.717) is 5.69 Å². The second-order valence-corrected chi connectivity index (χ2v) is 8.16. The molecule has 1 fully saturated rings. The standard InChI is InChI=1S/C24H28FN5O/c1-17-15-18(2)30(28-17)23-9-3-19(4-10-23)16-29-13-11-22(12-14-29)27-24(31)26-21-7-5-20(25)6-8-21/h3-10,15,22H,11-14,16H2,1-2H3,(H2,26,27,31). The van der Waals surface area contributed by atoms with E-state index in [9.17, 15) is 9.18 Å². The van der Waals surface area contributed by atoms with Gasteiger partial charge in [-0.15, -0.1) is 0 Å². The molecule has 0 unspecified atom stereocenters.